The molecule has 1 fully saturated rings. The second-order valence-electron chi connectivity index (χ2n) is 9.95. The van der Waals surface area contributed by atoms with Crippen molar-refractivity contribution in [3.8, 4) is 5.75 Å². The predicted molar refractivity (Wildman–Crippen MR) is 158 cm³/mol. The summed E-state index contributed by atoms with van der Waals surface area (Å²) in [6, 6.07) is 17.1. The zero-order valence-electron chi connectivity index (χ0n) is 21.9. The fraction of sp³-hybridized carbons (Fsp3) is 0.300. The zero-order valence-corrected chi connectivity index (χ0v) is 24.2. The van der Waals surface area contributed by atoms with Gasteiger partial charge in [-0.2, -0.15) is 0 Å². The summed E-state index contributed by atoms with van der Waals surface area (Å²) in [6.45, 7) is 2.32. The number of carbonyl (C=O) groups is 3. The molecular formula is C30H31BrClN3O4. The molecule has 204 valence electrons. The summed E-state index contributed by atoms with van der Waals surface area (Å²) in [6.07, 6.45) is 5.07. The minimum Gasteiger partial charge on any atom is -0.496 e. The standard InChI is InChI=1S/C30H31BrClN3O4/c1-30(14-4-3-5-15-30)29(38)33-18-19-6-12-25(32)23(16-19)27(36)35-22-11-13-26(39-2)24(17-22)28(37)34-21-9-7-20(31)8-10-21/h6-13,16-17H,3-5,14-15,18H2,1-2H3,(H,33,38)(H,34,37)(H,35,36). The van der Waals surface area contributed by atoms with Crippen molar-refractivity contribution < 1.29 is 19.1 Å². The summed E-state index contributed by atoms with van der Waals surface area (Å²) in [5.74, 6) is -0.412. The first-order valence-electron chi connectivity index (χ1n) is 12.8. The van der Waals surface area contributed by atoms with Crippen molar-refractivity contribution >= 4 is 56.6 Å². The number of hydrogen-bond acceptors (Lipinski definition) is 4. The van der Waals surface area contributed by atoms with Crippen molar-refractivity contribution in [3.63, 3.8) is 0 Å². The van der Waals surface area contributed by atoms with Gasteiger partial charge in [-0.05, 0) is 73.0 Å². The van der Waals surface area contributed by atoms with Crippen LogP contribution in [0.2, 0.25) is 5.02 Å². The number of benzene rings is 3. The Hall–Kier alpha value is -3.36. The van der Waals surface area contributed by atoms with E-state index in [0.717, 1.165) is 35.7 Å². The Labute approximate surface area is 241 Å². The van der Waals surface area contributed by atoms with Crippen LogP contribution in [0.15, 0.2) is 65.1 Å². The lowest BCUT2D eigenvalue weighted by atomic mass is 9.75. The maximum Gasteiger partial charge on any atom is 0.259 e. The van der Waals surface area contributed by atoms with Crippen LogP contribution in [0.5, 0.6) is 5.75 Å². The molecule has 0 bridgehead atoms. The molecule has 3 amide bonds. The fourth-order valence-corrected chi connectivity index (χ4v) is 5.17. The van der Waals surface area contributed by atoms with E-state index in [1.54, 1.807) is 48.5 Å². The van der Waals surface area contributed by atoms with E-state index in [0.29, 0.717) is 23.7 Å². The summed E-state index contributed by atoms with van der Waals surface area (Å²) in [5.41, 5.74) is 1.97. The van der Waals surface area contributed by atoms with Crippen LogP contribution in [-0.4, -0.2) is 24.8 Å². The molecule has 0 atom stereocenters. The molecule has 0 aromatic heterocycles. The van der Waals surface area contributed by atoms with Crippen LogP contribution in [0.25, 0.3) is 0 Å². The van der Waals surface area contributed by atoms with Crippen molar-refractivity contribution in [2.75, 3.05) is 17.7 Å². The molecule has 39 heavy (non-hydrogen) atoms. The number of rotatable bonds is 8. The van der Waals surface area contributed by atoms with E-state index in [4.69, 9.17) is 16.3 Å². The third-order valence-corrected chi connectivity index (χ3v) is 7.90. The molecule has 1 saturated carbocycles. The Bertz CT molecular complexity index is 1370. The Morgan fingerprint density at radius 3 is 2.21 bits per heavy atom. The molecule has 1 aliphatic rings. The van der Waals surface area contributed by atoms with Gasteiger partial charge in [0.2, 0.25) is 5.91 Å². The molecular weight excluding hydrogens is 582 g/mol. The van der Waals surface area contributed by atoms with E-state index >= 15 is 0 Å². The van der Waals surface area contributed by atoms with Gasteiger partial charge < -0.3 is 20.7 Å². The summed E-state index contributed by atoms with van der Waals surface area (Å²) in [5, 5.41) is 8.95. The zero-order chi connectivity index (χ0) is 28.0. The van der Waals surface area contributed by atoms with Crippen LogP contribution in [0, 0.1) is 5.41 Å². The van der Waals surface area contributed by atoms with Crippen molar-refractivity contribution in [3.05, 3.63) is 86.8 Å². The largest absolute Gasteiger partial charge is 0.496 e. The van der Waals surface area contributed by atoms with E-state index in [2.05, 4.69) is 31.9 Å². The maximum absolute atomic E-state index is 13.2. The SMILES string of the molecule is COc1ccc(NC(=O)c2cc(CNC(=O)C3(C)CCCCC3)ccc2Cl)cc1C(=O)Nc1ccc(Br)cc1. The van der Waals surface area contributed by atoms with Gasteiger partial charge in [0.25, 0.3) is 11.8 Å². The molecule has 0 aliphatic heterocycles. The highest BCUT2D eigenvalue weighted by Crippen LogP contribution is 2.36. The highest BCUT2D eigenvalue weighted by Gasteiger charge is 2.34. The molecule has 3 aromatic carbocycles. The normalized spacial score (nSPS) is 14.3. The van der Waals surface area contributed by atoms with Gasteiger partial charge in [-0.1, -0.05) is 59.8 Å². The van der Waals surface area contributed by atoms with E-state index in [9.17, 15) is 14.4 Å². The van der Waals surface area contributed by atoms with Crippen molar-refractivity contribution in [1.29, 1.82) is 0 Å². The lowest BCUT2D eigenvalue weighted by molar-refractivity contribution is -0.132. The van der Waals surface area contributed by atoms with Gasteiger partial charge in [0.05, 0.1) is 23.3 Å². The summed E-state index contributed by atoms with van der Waals surface area (Å²) >= 11 is 9.73. The van der Waals surface area contributed by atoms with Gasteiger partial charge in [-0.15, -0.1) is 0 Å². The number of anilines is 2. The van der Waals surface area contributed by atoms with E-state index in [-0.39, 0.29) is 33.4 Å². The summed E-state index contributed by atoms with van der Waals surface area (Å²) in [4.78, 5) is 39.0. The molecule has 4 rings (SSSR count). The van der Waals surface area contributed by atoms with Gasteiger partial charge in [0.15, 0.2) is 0 Å². The average molecular weight is 613 g/mol. The first-order chi connectivity index (χ1) is 18.7. The maximum atomic E-state index is 13.2. The average Bonchev–Trinajstić information content (AvgIpc) is 2.94. The fourth-order valence-electron chi connectivity index (χ4n) is 4.70. The molecule has 0 radical (unpaired) electrons. The van der Waals surface area contributed by atoms with Crippen molar-refractivity contribution in [2.45, 2.75) is 45.6 Å². The number of hydrogen-bond donors (Lipinski definition) is 3. The first-order valence-corrected chi connectivity index (χ1v) is 14.0. The number of halogens is 2. The van der Waals surface area contributed by atoms with E-state index in [1.807, 2.05) is 19.1 Å². The second kappa shape index (κ2) is 12.7. The van der Waals surface area contributed by atoms with Gasteiger partial charge >= 0.3 is 0 Å². The van der Waals surface area contributed by atoms with Crippen LogP contribution in [0.3, 0.4) is 0 Å². The van der Waals surface area contributed by atoms with Gasteiger partial charge in [-0.3, -0.25) is 14.4 Å². The molecule has 0 saturated heterocycles. The molecule has 7 nitrogen and oxygen atoms in total. The molecule has 0 spiro atoms. The monoisotopic (exact) mass is 611 g/mol. The lowest BCUT2D eigenvalue weighted by Crippen LogP contribution is -2.39. The van der Waals surface area contributed by atoms with Crippen LogP contribution in [-0.2, 0) is 11.3 Å². The van der Waals surface area contributed by atoms with Gasteiger partial charge in [-0.25, -0.2) is 0 Å². The second-order valence-corrected chi connectivity index (χ2v) is 11.3. The molecule has 0 unspecified atom stereocenters. The molecule has 9 heteroatoms. The van der Waals surface area contributed by atoms with Crippen LogP contribution < -0.4 is 20.7 Å². The number of ether oxygens (including phenoxy) is 1. The first kappa shape index (κ1) is 28.6. The quantitative estimate of drug-likeness (QED) is 0.251. The molecule has 1 aliphatic carbocycles. The van der Waals surface area contributed by atoms with Crippen molar-refractivity contribution in [1.82, 2.24) is 5.32 Å². The Balaban J connectivity index is 1.46. The van der Waals surface area contributed by atoms with E-state index < -0.39 is 5.91 Å². The van der Waals surface area contributed by atoms with Crippen molar-refractivity contribution in [2.24, 2.45) is 5.41 Å². The Kier molecular flexibility index (Phi) is 9.30. The van der Waals surface area contributed by atoms with Crippen LogP contribution in [0.4, 0.5) is 11.4 Å². The number of methoxy groups -OCH3 is 1. The van der Waals surface area contributed by atoms with E-state index in [1.165, 1.54) is 13.5 Å². The Morgan fingerprint density at radius 2 is 1.51 bits per heavy atom. The number of carbonyl (C=O) groups excluding carboxylic acids is 3. The van der Waals surface area contributed by atoms with Crippen LogP contribution in [0.1, 0.15) is 65.3 Å². The Morgan fingerprint density at radius 1 is 0.872 bits per heavy atom. The third kappa shape index (κ3) is 7.19. The van der Waals surface area contributed by atoms with Gasteiger partial charge in [0.1, 0.15) is 5.75 Å². The minimum atomic E-state index is -0.433. The smallest absolute Gasteiger partial charge is 0.259 e. The van der Waals surface area contributed by atoms with Crippen LogP contribution >= 0.6 is 27.5 Å². The summed E-state index contributed by atoms with van der Waals surface area (Å²) < 4.78 is 6.26. The molecule has 0 heterocycles. The molecule has 3 aromatic rings. The predicted octanol–water partition coefficient (Wildman–Crippen LogP) is 7.20. The van der Waals surface area contributed by atoms with Gasteiger partial charge in [0, 0.05) is 27.8 Å². The third-order valence-electron chi connectivity index (χ3n) is 7.04. The topological polar surface area (TPSA) is 96.5 Å². The summed E-state index contributed by atoms with van der Waals surface area (Å²) in [7, 11) is 1.47. The lowest BCUT2D eigenvalue weighted by Gasteiger charge is -2.32. The highest BCUT2D eigenvalue weighted by molar-refractivity contribution is 9.10. The minimum absolute atomic E-state index is 0.0373. The number of nitrogens with one attached hydrogen (secondary N) is 3. The number of amides is 3. The molecule has 3 N–H and O–H groups in total. The highest BCUT2D eigenvalue weighted by atomic mass is 79.9.